The molecule has 0 unspecified atom stereocenters. The van der Waals surface area contributed by atoms with E-state index in [0.29, 0.717) is 27.3 Å². The number of ether oxygens (including phenoxy) is 1. The number of hydrogen-bond acceptors (Lipinski definition) is 5. The summed E-state index contributed by atoms with van der Waals surface area (Å²) >= 11 is 0. The Labute approximate surface area is 146 Å². The van der Waals surface area contributed by atoms with Crippen LogP contribution in [0.25, 0.3) is 0 Å². The van der Waals surface area contributed by atoms with Gasteiger partial charge in [-0.05, 0) is 43.3 Å². The van der Waals surface area contributed by atoms with Crippen molar-refractivity contribution in [3.05, 3.63) is 70.9 Å². The van der Waals surface area contributed by atoms with E-state index >= 15 is 0 Å². The number of hydrogen-bond donors (Lipinski definition) is 1. The van der Waals surface area contributed by atoms with E-state index in [2.05, 4.69) is 0 Å². The summed E-state index contributed by atoms with van der Waals surface area (Å²) in [6, 6.07) is 14.9. The predicted octanol–water partition coefficient (Wildman–Crippen LogP) is 2.69. The van der Waals surface area contributed by atoms with Gasteiger partial charge in [-0.3, -0.25) is 4.79 Å². The van der Waals surface area contributed by atoms with Crippen molar-refractivity contribution >= 4 is 11.5 Å². The van der Waals surface area contributed by atoms with Crippen LogP contribution in [-0.2, 0) is 0 Å². The fourth-order valence-electron chi connectivity index (χ4n) is 3.17. The molecule has 2 atom stereocenters. The van der Waals surface area contributed by atoms with Gasteiger partial charge in [0.2, 0.25) is 5.71 Å². The minimum atomic E-state index is -1.74. The van der Waals surface area contributed by atoms with Crippen LogP contribution < -0.4 is 4.74 Å². The summed E-state index contributed by atoms with van der Waals surface area (Å²) < 4.78 is 5.70. The summed E-state index contributed by atoms with van der Waals surface area (Å²) in [5.41, 5.74) is -0.383. The first kappa shape index (κ1) is 17.1. The number of methoxy groups -OCH3 is 1. The number of Topliss-reactive ketones (excluding diaryl/α,β-unsaturated/α-hetero) is 1. The Morgan fingerprint density at radius 2 is 1.80 bits per heavy atom. The summed E-state index contributed by atoms with van der Waals surface area (Å²) in [4.78, 5) is 13.0. The molecule has 1 heterocycles. The maximum Gasteiger partial charge on any atom is 0.312 e. The molecule has 2 aromatic rings. The number of rotatable bonds is 4. The summed E-state index contributed by atoms with van der Waals surface area (Å²) in [7, 11) is 1.53. The number of benzene rings is 2. The second-order valence-electron chi connectivity index (χ2n) is 6.14. The van der Waals surface area contributed by atoms with E-state index in [0.717, 1.165) is 5.06 Å². The topological polar surface area (TPSA) is 75.8 Å². The van der Waals surface area contributed by atoms with Crippen molar-refractivity contribution < 1.29 is 19.5 Å². The number of hydroxylamine groups is 3. The summed E-state index contributed by atoms with van der Waals surface area (Å²) in [5.74, 6) is 0.128. The Morgan fingerprint density at radius 1 is 1.20 bits per heavy atom. The number of carbonyl (C=O) groups is 1. The molecule has 2 aromatic carbocycles. The van der Waals surface area contributed by atoms with Crippen molar-refractivity contribution in [2.24, 2.45) is 0 Å². The van der Waals surface area contributed by atoms with Crippen LogP contribution in [0.15, 0.2) is 54.6 Å². The molecular weight excluding hydrogens is 320 g/mol. The number of carbonyl (C=O) groups excluding carboxylic acids is 1. The van der Waals surface area contributed by atoms with Crippen LogP contribution in [0.1, 0.15) is 29.8 Å². The van der Waals surface area contributed by atoms with Crippen molar-refractivity contribution in [3.8, 4) is 5.75 Å². The summed E-state index contributed by atoms with van der Waals surface area (Å²) in [5, 5.41) is 24.4. The van der Waals surface area contributed by atoms with Crippen LogP contribution in [0.2, 0.25) is 0 Å². The molecule has 0 aromatic heterocycles. The number of ketones is 1. The first-order valence-corrected chi connectivity index (χ1v) is 7.98. The predicted molar refractivity (Wildman–Crippen MR) is 93.0 cm³/mol. The van der Waals surface area contributed by atoms with Crippen molar-refractivity contribution in [1.29, 1.82) is 0 Å². The Bertz CT molecular complexity index is 817. The van der Waals surface area contributed by atoms with Gasteiger partial charge in [-0.15, -0.1) is 5.06 Å². The highest BCUT2D eigenvalue weighted by Crippen LogP contribution is 2.31. The maximum atomic E-state index is 13.0. The molecule has 1 aliphatic heterocycles. The van der Waals surface area contributed by atoms with Crippen LogP contribution in [0.4, 0.5) is 0 Å². The van der Waals surface area contributed by atoms with Crippen LogP contribution in [0.5, 0.6) is 5.75 Å². The molecule has 1 N–H and O–H groups in total. The highest BCUT2D eigenvalue weighted by molar-refractivity contribution is 6.07. The molecule has 6 heteroatoms. The van der Waals surface area contributed by atoms with Gasteiger partial charge in [0.25, 0.3) is 5.78 Å². The molecule has 0 fully saturated rings. The van der Waals surface area contributed by atoms with Gasteiger partial charge in [-0.1, -0.05) is 18.2 Å². The van der Waals surface area contributed by atoms with E-state index in [9.17, 15) is 15.2 Å². The normalized spacial score (nSPS) is 23.8. The van der Waals surface area contributed by atoms with Crippen molar-refractivity contribution in [3.63, 3.8) is 0 Å². The molecule has 130 valence electrons. The van der Waals surface area contributed by atoms with E-state index in [4.69, 9.17) is 4.74 Å². The summed E-state index contributed by atoms with van der Waals surface area (Å²) in [6.45, 7) is 3.12. The number of nitrogens with zero attached hydrogens (tertiary/aromatic N) is 2. The Morgan fingerprint density at radius 3 is 2.36 bits per heavy atom. The molecule has 0 bridgehead atoms. The van der Waals surface area contributed by atoms with Gasteiger partial charge < -0.3 is 15.2 Å². The Balaban J connectivity index is 2.06. The first-order valence-electron chi connectivity index (χ1n) is 7.98. The minimum absolute atomic E-state index is 0.324. The van der Waals surface area contributed by atoms with E-state index in [-0.39, 0.29) is 0 Å². The SMILES string of the molecule is COc1ccc(C(=O)[C@@]2(C)N(O)[C@H](C)C(c3ccccc3)=[N+]2[O-])cc1. The summed E-state index contributed by atoms with van der Waals surface area (Å²) in [6.07, 6.45) is 0. The molecule has 3 rings (SSSR count). The van der Waals surface area contributed by atoms with Crippen LogP contribution in [0.3, 0.4) is 0 Å². The molecule has 0 spiro atoms. The molecule has 0 saturated heterocycles. The zero-order valence-corrected chi connectivity index (χ0v) is 14.3. The van der Waals surface area contributed by atoms with Crippen LogP contribution in [-0.4, -0.2) is 45.3 Å². The van der Waals surface area contributed by atoms with Gasteiger partial charge in [0.05, 0.1) is 7.11 Å². The largest absolute Gasteiger partial charge is 0.622 e. The van der Waals surface area contributed by atoms with Crippen LogP contribution >= 0.6 is 0 Å². The highest BCUT2D eigenvalue weighted by atomic mass is 16.6. The zero-order valence-electron chi connectivity index (χ0n) is 14.3. The molecule has 0 saturated carbocycles. The van der Waals surface area contributed by atoms with Gasteiger partial charge in [-0.2, -0.15) is 4.74 Å². The third kappa shape index (κ3) is 2.59. The monoisotopic (exact) mass is 340 g/mol. The van der Waals surface area contributed by atoms with E-state index in [1.54, 1.807) is 43.3 Å². The van der Waals surface area contributed by atoms with Gasteiger partial charge in [0, 0.05) is 18.1 Å². The lowest BCUT2D eigenvalue weighted by atomic mass is 9.99. The third-order valence-electron chi connectivity index (χ3n) is 4.67. The van der Waals surface area contributed by atoms with Crippen molar-refractivity contribution in [1.82, 2.24) is 5.06 Å². The molecule has 0 aliphatic carbocycles. The second-order valence-corrected chi connectivity index (χ2v) is 6.14. The minimum Gasteiger partial charge on any atom is -0.622 e. The van der Waals surface area contributed by atoms with E-state index in [1.165, 1.54) is 14.0 Å². The van der Waals surface area contributed by atoms with E-state index < -0.39 is 17.5 Å². The Hall–Kier alpha value is -2.70. The standard InChI is InChI=1S/C19H20N2O4/c1-13-17(14-7-5-4-6-8-14)21(24)19(2,20(13)23)18(22)15-9-11-16(25-3)12-10-15/h4-13,23H,1-3H3/t13-,19+/m1/s1. The maximum absolute atomic E-state index is 13.0. The second kappa shape index (κ2) is 6.31. The molecular formula is C19H20N2O4. The lowest BCUT2D eigenvalue weighted by Gasteiger charge is -2.27. The average molecular weight is 340 g/mol. The van der Waals surface area contributed by atoms with Gasteiger partial charge in [0.15, 0.2) is 0 Å². The lowest BCUT2D eigenvalue weighted by Crippen LogP contribution is -2.54. The fraction of sp³-hybridized carbons (Fsp3) is 0.263. The van der Waals surface area contributed by atoms with Crippen molar-refractivity contribution in [2.75, 3.05) is 7.11 Å². The first-order chi connectivity index (χ1) is 11.9. The fourth-order valence-corrected chi connectivity index (χ4v) is 3.17. The van der Waals surface area contributed by atoms with E-state index in [1.807, 2.05) is 18.2 Å². The quantitative estimate of drug-likeness (QED) is 0.526. The molecule has 25 heavy (non-hydrogen) atoms. The Kier molecular flexibility index (Phi) is 4.32. The van der Waals surface area contributed by atoms with Crippen LogP contribution in [0, 0.1) is 5.21 Å². The van der Waals surface area contributed by atoms with Gasteiger partial charge in [-0.25, -0.2) is 0 Å². The smallest absolute Gasteiger partial charge is 0.312 e. The molecule has 0 radical (unpaired) electrons. The molecule has 6 nitrogen and oxygen atoms in total. The molecule has 1 aliphatic rings. The van der Waals surface area contributed by atoms with Crippen molar-refractivity contribution in [2.45, 2.75) is 25.6 Å². The molecule has 0 amide bonds. The van der Waals surface area contributed by atoms with Gasteiger partial charge in [0.1, 0.15) is 11.8 Å². The highest BCUT2D eigenvalue weighted by Gasteiger charge is 2.58. The third-order valence-corrected chi connectivity index (χ3v) is 4.67. The van der Waals surface area contributed by atoms with Gasteiger partial charge >= 0.3 is 5.66 Å². The average Bonchev–Trinajstić information content (AvgIpc) is 2.83. The zero-order chi connectivity index (χ0) is 18.2. The lowest BCUT2D eigenvalue weighted by molar-refractivity contribution is -0.561.